The molecule has 0 atom stereocenters. The highest BCUT2D eigenvalue weighted by atomic mass is 16.5. The summed E-state index contributed by atoms with van der Waals surface area (Å²) in [4.78, 5) is 11.7. The molecule has 1 aliphatic heterocycles. The van der Waals surface area contributed by atoms with E-state index in [2.05, 4.69) is 16.7 Å². The Kier molecular flexibility index (Phi) is 4.59. The van der Waals surface area contributed by atoms with Gasteiger partial charge in [-0.15, -0.1) is 0 Å². The van der Waals surface area contributed by atoms with E-state index in [-0.39, 0.29) is 12.5 Å². The average Bonchev–Trinajstić information content (AvgIpc) is 2.39. The van der Waals surface area contributed by atoms with E-state index in [1.807, 2.05) is 19.1 Å². The first-order valence-electron chi connectivity index (χ1n) is 6.54. The summed E-state index contributed by atoms with van der Waals surface area (Å²) in [5, 5.41) is 6.27. The van der Waals surface area contributed by atoms with Crippen LogP contribution in [-0.4, -0.2) is 25.7 Å². The van der Waals surface area contributed by atoms with Gasteiger partial charge in [-0.1, -0.05) is 13.0 Å². The van der Waals surface area contributed by atoms with Gasteiger partial charge in [0.05, 0.1) is 0 Å². The number of ether oxygens (including phenoxy) is 1. The number of fused-ring (bicyclic) bond motifs is 1. The number of amides is 1. The third-order valence-corrected chi connectivity index (χ3v) is 2.95. The first-order valence-corrected chi connectivity index (χ1v) is 6.54. The number of nitrogens with one attached hydrogen (secondary N) is 2. The molecule has 0 radical (unpaired) electrons. The number of carbonyl (C=O) groups excluding carboxylic acids is 1. The lowest BCUT2D eigenvalue weighted by molar-refractivity contribution is -0.120. The molecule has 1 amide bonds. The van der Waals surface area contributed by atoms with Gasteiger partial charge in [-0.05, 0) is 37.0 Å². The Morgan fingerprint density at radius 1 is 1.50 bits per heavy atom. The van der Waals surface area contributed by atoms with Gasteiger partial charge >= 0.3 is 0 Å². The van der Waals surface area contributed by atoms with Crippen molar-refractivity contribution in [2.75, 3.05) is 30.4 Å². The summed E-state index contributed by atoms with van der Waals surface area (Å²) >= 11 is 0. The molecule has 1 aromatic carbocycles. The lowest BCUT2D eigenvalue weighted by Crippen LogP contribution is -2.21. The zero-order valence-corrected chi connectivity index (χ0v) is 10.8. The molecule has 1 aromatic rings. The van der Waals surface area contributed by atoms with E-state index in [1.165, 1.54) is 5.56 Å². The van der Waals surface area contributed by atoms with Gasteiger partial charge in [0.1, 0.15) is 6.61 Å². The molecular formula is C14H20N2O2. The van der Waals surface area contributed by atoms with Crippen LogP contribution in [0.5, 0.6) is 0 Å². The monoisotopic (exact) mass is 248 g/mol. The highest BCUT2D eigenvalue weighted by Crippen LogP contribution is 2.28. The predicted molar refractivity (Wildman–Crippen MR) is 73.0 cm³/mol. The number of rotatable bonds is 5. The first kappa shape index (κ1) is 12.9. The van der Waals surface area contributed by atoms with Crippen LogP contribution in [-0.2, 0) is 16.0 Å². The Hall–Kier alpha value is -1.55. The highest BCUT2D eigenvalue weighted by Gasteiger charge is 2.13. The summed E-state index contributed by atoms with van der Waals surface area (Å²) in [7, 11) is 0. The first-order chi connectivity index (χ1) is 8.81. The minimum Gasteiger partial charge on any atom is -0.385 e. The molecule has 2 N–H and O–H groups in total. The molecule has 18 heavy (non-hydrogen) atoms. The van der Waals surface area contributed by atoms with Crippen LogP contribution in [0.1, 0.15) is 25.3 Å². The highest BCUT2D eigenvalue weighted by molar-refractivity contribution is 5.93. The fourth-order valence-corrected chi connectivity index (χ4v) is 2.12. The van der Waals surface area contributed by atoms with Crippen LogP contribution in [0.25, 0.3) is 0 Å². The van der Waals surface area contributed by atoms with Gasteiger partial charge in [0.15, 0.2) is 0 Å². The lowest BCUT2D eigenvalue weighted by atomic mass is 10.0. The molecule has 0 saturated heterocycles. The second kappa shape index (κ2) is 6.40. The molecule has 2 rings (SSSR count). The Labute approximate surface area is 108 Å². The summed E-state index contributed by atoms with van der Waals surface area (Å²) in [5.74, 6) is -0.0811. The van der Waals surface area contributed by atoms with Crippen molar-refractivity contribution in [3.63, 3.8) is 0 Å². The molecule has 0 spiro atoms. The number of hydrogen-bond donors (Lipinski definition) is 2. The Bertz CT molecular complexity index is 418. The van der Waals surface area contributed by atoms with Gasteiger partial charge < -0.3 is 15.4 Å². The molecule has 4 heteroatoms. The van der Waals surface area contributed by atoms with Crippen LogP contribution < -0.4 is 10.6 Å². The standard InChI is InChI=1S/C14H20N2O2/c1-2-9-18-10-14(17)16-13-7-3-6-12-11(13)5-4-8-15-12/h3,6-7,15H,2,4-5,8-10H2,1H3,(H,16,17). The molecule has 0 fully saturated rings. The van der Waals surface area contributed by atoms with Gasteiger partial charge in [0.2, 0.25) is 5.91 Å². The van der Waals surface area contributed by atoms with E-state index >= 15 is 0 Å². The Balaban J connectivity index is 1.98. The molecular weight excluding hydrogens is 228 g/mol. The maximum atomic E-state index is 11.7. The molecule has 1 heterocycles. The van der Waals surface area contributed by atoms with Crippen LogP contribution in [0, 0.1) is 0 Å². The van der Waals surface area contributed by atoms with Gasteiger partial charge in [0.25, 0.3) is 0 Å². The molecule has 4 nitrogen and oxygen atoms in total. The van der Waals surface area contributed by atoms with E-state index in [0.29, 0.717) is 6.61 Å². The second-order valence-electron chi connectivity index (χ2n) is 4.46. The zero-order valence-electron chi connectivity index (χ0n) is 10.8. The van der Waals surface area contributed by atoms with Crippen molar-refractivity contribution in [1.82, 2.24) is 0 Å². The molecule has 0 aliphatic carbocycles. The lowest BCUT2D eigenvalue weighted by Gasteiger charge is -2.21. The van der Waals surface area contributed by atoms with Gasteiger partial charge in [-0.25, -0.2) is 0 Å². The quantitative estimate of drug-likeness (QED) is 0.787. The Morgan fingerprint density at radius 2 is 2.39 bits per heavy atom. The molecule has 0 aromatic heterocycles. The van der Waals surface area contributed by atoms with Crippen molar-refractivity contribution in [3.8, 4) is 0 Å². The van der Waals surface area contributed by atoms with Crippen molar-refractivity contribution in [3.05, 3.63) is 23.8 Å². The minimum atomic E-state index is -0.0811. The smallest absolute Gasteiger partial charge is 0.250 e. The summed E-state index contributed by atoms with van der Waals surface area (Å²) < 4.78 is 5.23. The number of anilines is 2. The maximum absolute atomic E-state index is 11.7. The fourth-order valence-electron chi connectivity index (χ4n) is 2.12. The van der Waals surface area contributed by atoms with Gasteiger partial charge in [-0.2, -0.15) is 0 Å². The average molecular weight is 248 g/mol. The molecule has 0 unspecified atom stereocenters. The van der Waals surface area contributed by atoms with Crippen LogP contribution >= 0.6 is 0 Å². The summed E-state index contributed by atoms with van der Waals surface area (Å²) in [6.45, 7) is 3.79. The fraction of sp³-hybridized carbons (Fsp3) is 0.500. The van der Waals surface area contributed by atoms with Crippen LogP contribution in [0.4, 0.5) is 11.4 Å². The van der Waals surface area contributed by atoms with E-state index in [0.717, 1.165) is 37.2 Å². The Morgan fingerprint density at radius 3 is 3.22 bits per heavy atom. The normalized spacial score (nSPS) is 13.6. The topological polar surface area (TPSA) is 50.4 Å². The van der Waals surface area contributed by atoms with Crippen LogP contribution in [0.2, 0.25) is 0 Å². The van der Waals surface area contributed by atoms with Crippen molar-refractivity contribution in [2.24, 2.45) is 0 Å². The summed E-state index contributed by atoms with van der Waals surface area (Å²) in [5.41, 5.74) is 3.24. The van der Waals surface area contributed by atoms with Crippen molar-refractivity contribution in [1.29, 1.82) is 0 Å². The van der Waals surface area contributed by atoms with Crippen molar-refractivity contribution < 1.29 is 9.53 Å². The zero-order chi connectivity index (χ0) is 12.8. The molecule has 1 aliphatic rings. The molecule has 98 valence electrons. The van der Waals surface area contributed by atoms with Crippen molar-refractivity contribution in [2.45, 2.75) is 26.2 Å². The number of carbonyl (C=O) groups is 1. The van der Waals surface area contributed by atoms with Gasteiger partial charge in [-0.3, -0.25) is 4.79 Å². The summed E-state index contributed by atoms with van der Waals surface area (Å²) in [6.07, 6.45) is 3.04. The van der Waals surface area contributed by atoms with Gasteiger partial charge in [0, 0.05) is 24.5 Å². The summed E-state index contributed by atoms with van der Waals surface area (Å²) in [6, 6.07) is 5.96. The molecule has 0 bridgehead atoms. The third-order valence-electron chi connectivity index (χ3n) is 2.95. The predicted octanol–water partition coefficient (Wildman–Crippen LogP) is 2.41. The minimum absolute atomic E-state index is 0.0811. The van der Waals surface area contributed by atoms with E-state index in [1.54, 1.807) is 0 Å². The maximum Gasteiger partial charge on any atom is 0.250 e. The molecule has 0 saturated carbocycles. The van der Waals surface area contributed by atoms with E-state index in [9.17, 15) is 4.79 Å². The largest absolute Gasteiger partial charge is 0.385 e. The SMILES string of the molecule is CCCOCC(=O)Nc1cccc2c1CCCN2. The van der Waals surface area contributed by atoms with Crippen molar-refractivity contribution >= 4 is 17.3 Å². The third kappa shape index (κ3) is 3.23. The van der Waals surface area contributed by atoms with Crippen LogP contribution in [0.15, 0.2) is 18.2 Å². The number of hydrogen-bond acceptors (Lipinski definition) is 3. The number of benzene rings is 1. The second-order valence-corrected chi connectivity index (χ2v) is 4.46. The van der Waals surface area contributed by atoms with Crippen LogP contribution in [0.3, 0.4) is 0 Å². The van der Waals surface area contributed by atoms with E-state index < -0.39 is 0 Å². The van der Waals surface area contributed by atoms with E-state index in [4.69, 9.17) is 4.74 Å².